The van der Waals surface area contributed by atoms with Crippen molar-refractivity contribution < 1.29 is 14.7 Å². The number of aliphatic carboxylic acids is 1. The van der Waals surface area contributed by atoms with Crippen LogP contribution in [-0.2, 0) is 9.59 Å². The molecule has 0 radical (unpaired) electrons. The molecule has 1 saturated carbocycles. The number of rotatable bonds is 4. The largest absolute Gasteiger partial charge is 0.479 e. The number of carboxylic acids is 1. The van der Waals surface area contributed by atoms with Gasteiger partial charge in [-0.15, -0.1) is 0 Å². The van der Waals surface area contributed by atoms with Crippen LogP contribution in [0, 0.1) is 11.3 Å². The normalized spacial score (nSPS) is 34.1. The Balaban J connectivity index is 1.76. The van der Waals surface area contributed by atoms with Gasteiger partial charge in [-0.2, -0.15) is 0 Å². The van der Waals surface area contributed by atoms with Gasteiger partial charge in [0.2, 0.25) is 5.91 Å². The molecule has 0 bridgehead atoms. The standard InChI is InChI=1S/C16H26N2O3/c1-2-4-16(14(20)21)5-3-10-18(16)13(19)12-11-15(12)6-8-17-9-7-15/h12,17H,2-11H2,1H3,(H,20,21). The molecule has 3 rings (SSSR count). The molecule has 1 aliphatic carbocycles. The summed E-state index contributed by atoms with van der Waals surface area (Å²) < 4.78 is 0. The van der Waals surface area contributed by atoms with Crippen LogP contribution in [0.2, 0.25) is 0 Å². The maximum absolute atomic E-state index is 12.9. The fourth-order valence-corrected chi connectivity index (χ4v) is 4.56. The van der Waals surface area contributed by atoms with E-state index >= 15 is 0 Å². The number of carbonyl (C=O) groups is 2. The lowest BCUT2D eigenvalue weighted by molar-refractivity contribution is -0.158. The first-order valence-corrected chi connectivity index (χ1v) is 8.31. The highest BCUT2D eigenvalue weighted by molar-refractivity contribution is 5.90. The van der Waals surface area contributed by atoms with Gasteiger partial charge in [-0.25, -0.2) is 4.79 Å². The number of nitrogens with zero attached hydrogens (tertiary/aromatic N) is 1. The van der Waals surface area contributed by atoms with Gasteiger partial charge in [-0.05, 0) is 57.0 Å². The number of piperidine rings is 1. The Kier molecular flexibility index (Phi) is 3.72. The van der Waals surface area contributed by atoms with Crippen molar-refractivity contribution in [2.75, 3.05) is 19.6 Å². The van der Waals surface area contributed by atoms with Gasteiger partial charge in [0.25, 0.3) is 0 Å². The lowest BCUT2D eigenvalue weighted by Crippen LogP contribution is -2.54. The molecule has 1 spiro atoms. The van der Waals surface area contributed by atoms with E-state index in [0.29, 0.717) is 19.4 Å². The Morgan fingerprint density at radius 3 is 2.62 bits per heavy atom. The van der Waals surface area contributed by atoms with Crippen molar-refractivity contribution in [1.82, 2.24) is 10.2 Å². The zero-order chi connectivity index (χ0) is 15.1. The molecule has 0 aromatic rings. The minimum Gasteiger partial charge on any atom is -0.479 e. The molecule has 5 heteroatoms. The van der Waals surface area contributed by atoms with Gasteiger partial charge < -0.3 is 15.3 Å². The minimum absolute atomic E-state index is 0.0771. The van der Waals surface area contributed by atoms with Crippen LogP contribution >= 0.6 is 0 Å². The second kappa shape index (κ2) is 5.27. The van der Waals surface area contributed by atoms with Gasteiger partial charge in [0.15, 0.2) is 0 Å². The molecule has 2 aliphatic heterocycles. The molecule has 2 N–H and O–H groups in total. The molecule has 0 aromatic heterocycles. The second-order valence-corrected chi connectivity index (χ2v) is 7.05. The lowest BCUT2D eigenvalue weighted by Gasteiger charge is -2.35. The van der Waals surface area contributed by atoms with E-state index in [2.05, 4.69) is 5.32 Å². The third-order valence-electron chi connectivity index (χ3n) is 5.90. The minimum atomic E-state index is -0.928. The first kappa shape index (κ1) is 14.8. The van der Waals surface area contributed by atoms with Gasteiger partial charge >= 0.3 is 5.97 Å². The summed E-state index contributed by atoms with van der Waals surface area (Å²) in [6.07, 6.45) is 5.90. The molecule has 118 valence electrons. The van der Waals surface area contributed by atoms with Crippen LogP contribution in [-0.4, -0.2) is 47.1 Å². The Bertz CT molecular complexity index is 445. The topological polar surface area (TPSA) is 69.6 Å². The third-order valence-corrected chi connectivity index (χ3v) is 5.90. The van der Waals surface area contributed by atoms with Gasteiger partial charge in [0.05, 0.1) is 0 Å². The summed E-state index contributed by atoms with van der Waals surface area (Å²) in [5.74, 6) is -0.617. The van der Waals surface area contributed by atoms with Gasteiger partial charge in [-0.3, -0.25) is 4.79 Å². The van der Waals surface area contributed by atoms with Crippen molar-refractivity contribution >= 4 is 11.9 Å². The molecule has 2 atom stereocenters. The highest BCUT2D eigenvalue weighted by atomic mass is 16.4. The van der Waals surface area contributed by atoms with E-state index in [0.717, 1.165) is 45.2 Å². The number of amides is 1. The van der Waals surface area contributed by atoms with Gasteiger partial charge in [0.1, 0.15) is 5.54 Å². The first-order chi connectivity index (χ1) is 10.1. The van der Waals surface area contributed by atoms with E-state index in [1.54, 1.807) is 4.90 Å². The molecular weight excluding hydrogens is 268 g/mol. The summed E-state index contributed by atoms with van der Waals surface area (Å²) >= 11 is 0. The molecule has 2 saturated heterocycles. The SMILES string of the molecule is CCCC1(C(=O)O)CCCN1C(=O)C1CC12CCNCC2. The zero-order valence-electron chi connectivity index (χ0n) is 12.9. The quantitative estimate of drug-likeness (QED) is 0.826. The fourth-order valence-electron chi connectivity index (χ4n) is 4.56. The molecule has 3 aliphatic rings. The fraction of sp³-hybridized carbons (Fsp3) is 0.875. The predicted molar refractivity (Wildman–Crippen MR) is 78.9 cm³/mol. The van der Waals surface area contributed by atoms with E-state index in [-0.39, 0.29) is 17.2 Å². The van der Waals surface area contributed by atoms with E-state index < -0.39 is 11.5 Å². The van der Waals surface area contributed by atoms with Crippen molar-refractivity contribution in [2.45, 2.75) is 57.4 Å². The highest BCUT2D eigenvalue weighted by Gasteiger charge is 2.61. The summed E-state index contributed by atoms with van der Waals surface area (Å²) in [7, 11) is 0. The van der Waals surface area contributed by atoms with Crippen molar-refractivity contribution in [3.05, 3.63) is 0 Å². The van der Waals surface area contributed by atoms with Crippen molar-refractivity contribution in [2.24, 2.45) is 11.3 Å². The number of nitrogens with one attached hydrogen (secondary N) is 1. The molecule has 21 heavy (non-hydrogen) atoms. The summed E-state index contributed by atoms with van der Waals surface area (Å²) in [4.78, 5) is 26.5. The summed E-state index contributed by atoms with van der Waals surface area (Å²) in [6, 6.07) is 0. The number of likely N-dealkylation sites (tertiary alicyclic amines) is 1. The smallest absolute Gasteiger partial charge is 0.329 e. The predicted octanol–water partition coefficient (Wildman–Crippen LogP) is 1.62. The third kappa shape index (κ3) is 2.26. The Morgan fingerprint density at radius 2 is 2.00 bits per heavy atom. The van der Waals surface area contributed by atoms with Crippen molar-refractivity contribution in [3.63, 3.8) is 0 Å². The number of carbonyl (C=O) groups excluding carboxylic acids is 1. The van der Waals surface area contributed by atoms with E-state index in [9.17, 15) is 14.7 Å². The molecule has 3 fully saturated rings. The lowest BCUT2D eigenvalue weighted by atomic mass is 9.88. The van der Waals surface area contributed by atoms with E-state index in [1.165, 1.54) is 0 Å². The average molecular weight is 294 g/mol. The first-order valence-electron chi connectivity index (χ1n) is 8.31. The van der Waals surface area contributed by atoms with Crippen molar-refractivity contribution in [3.8, 4) is 0 Å². The average Bonchev–Trinajstić information content (AvgIpc) is 2.97. The molecule has 0 aromatic carbocycles. The Labute approximate surface area is 126 Å². The van der Waals surface area contributed by atoms with Crippen molar-refractivity contribution in [1.29, 1.82) is 0 Å². The summed E-state index contributed by atoms with van der Waals surface area (Å²) in [5, 5.41) is 13.1. The number of hydrogen-bond donors (Lipinski definition) is 2. The molecule has 2 unspecified atom stereocenters. The maximum atomic E-state index is 12.9. The van der Waals surface area contributed by atoms with E-state index in [1.807, 2.05) is 6.92 Å². The van der Waals surface area contributed by atoms with Crippen LogP contribution in [0.25, 0.3) is 0 Å². The van der Waals surface area contributed by atoms with Crippen LogP contribution in [0.3, 0.4) is 0 Å². The molecule has 1 amide bonds. The van der Waals surface area contributed by atoms with Crippen LogP contribution in [0.5, 0.6) is 0 Å². The Hall–Kier alpha value is -1.10. The monoisotopic (exact) mass is 294 g/mol. The van der Waals surface area contributed by atoms with Crippen LogP contribution in [0.15, 0.2) is 0 Å². The molecule has 5 nitrogen and oxygen atoms in total. The number of carboxylic acid groups (broad SMARTS) is 1. The molecular formula is C16H26N2O3. The maximum Gasteiger partial charge on any atom is 0.329 e. The second-order valence-electron chi connectivity index (χ2n) is 7.05. The summed E-state index contributed by atoms with van der Waals surface area (Å²) in [5.41, 5.74) is -0.746. The van der Waals surface area contributed by atoms with Gasteiger partial charge in [-0.1, -0.05) is 13.3 Å². The number of hydrogen-bond acceptors (Lipinski definition) is 3. The zero-order valence-corrected chi connectivity index (χ0v) is 12.9. The molecule has 2 heterocycles. The Morgan fingerprint density at radius 1 is 1.29 bits per heavy atom. The van der Waals surface area contributed by atoms with E-state index in [4.69, 9.17) is 0 Å². The van der Waals surface area contributed by atoms with Crippen LogP contribution in [0.4, 0.5) is 0 Å². The summed E-state index contributed by atoms with van der Waals surface area (Å²) in [6.45, 7) is 4.60. The highest BCUT2D eigenvalue weighted by Crippen LogP contribution is 2.60. The van der Waals surface area contributed by atoms with Gasteiger partial charge in [0, 0.05) is 12.5 Å². The van der Waals surface area contributed by atoms with Crippen LogP contribution in [0.1, 0.15) is 51.9 Å². The van der Waals surface area contributed by atoms with Crippen LogP contribution < -0.4 is 5.32 Å².